The SMILES string of the molecule is CCCCCCON=C(C(=O)OCC)C(=O)C(C)SCCO. The lowest BCUT2D eigenvalue weighted by Gasteiger charge is -2.10. The van der Waals surface area contributed by atoms with E-state index in [1.54, 1.807) is 13.8 Å². The Morgan fingerprint density at radius 2 is 1.95 bits per heavy atom. The van der Waals surface area contributed by atoms with Gasteiger partial charge in [0.25, 0.3) is 0 Å². The number of carbonyl (C=O) groups excluding carboxylic acids is 2. The number of hydrogen-bond acceptors (Lipinski definition) is 7. The summed E-state index contributed by atoms with van der Waals surface area (Å²) in [6.07, 6.45) is 4.09. The monoisotopic (exact) mass is 333 g/mol. The van der Waals surface area contributed by atoms with Gasteiger partial charge in [-0.05, 0) is 26.7 Å². The lowest BCUT2D eigenvalue weighted by atomic mass is 10.2. The van der Waals surface area contributed by atoms with E-state index in [9.17, 15) is 9.59 Å². The fourth-order valence-corrected chi connectivity index (χ4v) is 2.31. The summed E-state index contributed by atoms with van der Waals surface area (Å²) in [6, 6.07) is 0. The molecule has 0 fully saturated rings. The summed E-state index contributed by atoms with van der Waals surface area (Å²) in [7, 11) is 0. The Hall–Kier alpha value is -1.08. The number of nitrogens with zero attached hydrogens (tertiary/aromatic N) is 1. The number of aliphatic hydroxyl groups excluding tert-OH is 1. The molecule has 0 saturated heterocycles. The molecule has 0 aromatic rings. The summed E-state index contributed by atoms with van der Waals surface area (Å²) in [4.78, 5) is 29.1. The summed E-state index contributed by atoms with van der Waals surface area (Å²) in [6.45, 7) is 5.95. The third kappa shape index (κ3) is 9.04. The van der Waals surface area contributed by atoms with Gasteiger partial charge in [-0.3, -0.25) is 4.79 Å². The van der Waals surface area contributed by atoms with Gasteiger partial charge in [-0.25, -0.2) is 4.79 Å². The van der Waals surface area contributed by atoms with E-state index in [1.807, 2.05) is 0 Å². The molecule has 0 aromatic carbocycles. The van der Waals surface area contributed by atoms with Crippen LogP contribution in [-0.2, 0) is 19.2 Å². The van der Waals surface area contributed by atoms with E-state index in [-0.39, 0.29) is 18.9 Å². The number of unbranched alkanes of at least 4 members (excludes halogenated alkanes) is 3. The van der Waals surface area contributed by atoms with Gasteiger partial charge in [-0.1, -0.05) is 24.9 Å². The summed E-state index contributed by atoms with van der Waals surface area (Å²) in [5.74, 6) is -0.788. The van der Waals surface area contributed by atoms with Crippen LogP contribution in [0.5, 0.6) is 0 Å². The molecule has 0 rings (SSSR count). The second-order valence-corrected chi connectivity index (χ2v) is 6.10. The normalized spacial score (nSPS) is 12.8. The van der Waals surface area contributed by atoms with Gasteiger partial charge in [0.1, 0.15) is 6.61 Å². The molecule has 0 bridgehead atoms. The molecule has 128 valence electrons. The Morgan fingerprint density at radius 3 is 2.55 bits per heavy atom. The van der Waals surface area contributed by atoms with Crippen LogP contribution >= 0.6 is 11.8 Å². The van der Waals surface area contributed by atoms with E-state index in [0.29, 0.717) is 12.4 Å². The Kier molecular flexibility index (Phi) is 12.9. The fourth-order valence-electron chi connectivity index (χ4n) is 1.58. The number of aliphatic hydroxyl groups is 1. The number of ether oxygens (including phenoxy) is 1. The van der Waals surface area contributed by atoms with E-state index < -0.39 is 17.0 Å². The first-order chi connectivity index (χ1) is 10.6. The van der Waals surface area contributed by atoms with Crippen LogP contribution in [0.2, 0.25) is 0 Å². The number of carbonyl (C=O) groups is 2. The van der Waals surface area contributed by atoms with Crippen molar-refractivity contribution in [3.63, 3.8) is 0 Å². The highest BCUT2D eigenvalue weighted by Crippen LogP contribution is 2.12. The number of Topliss-reactive ketones (excluding diaryl/α,β-unsaturated/α-hetero) is 1. The van der Waals surface area contributed by atoms with Gasteiger partial charge in [-0.15, -0.1) is 11.8 Å². The minimum Gasteiger partial charge on any atom is -0.461 e. The third-order valence-corrected chi connectivity index (χ3v) is 3.91. The van der Waals surface area contributed by atoms with Crippen molar-refractivity contribution in [1.29, 1.82) is 0 Å². The molecule has 22 heavy (non-hydrogen) atoms. The van der Waals surface area contributed by atoms with Crippen molar-refractivity contribution in [3.8, 4) is 0 Å². The molecule has 0 aromatic heterocycles. The number of hydrogen-bond donors (Lipinski definition) is 1. The van der Waals surface area contributed by atoms with Gasteiger partial charge in [0.05, 0.1) is 18.5 Å². The van der Waals surface area contributed by atoms with E-state index >= 15 is 0 Å². The van der Waals surface area contributed by atoms with Crippen LogP contribution in [-0.4, -0.2) is 53.4 Å². The molecule has 0 aliphatic rings. The zero-order valence-electron chi connectivity index (χ0n) is 13.7. The largest absolute Gasteiger partial charge is 0.461 e. The maximum atomic E-state index is 12.2. The maximum absolute atomic E-state index is 12.2. The third-order valence-electron chi connectivity index (χ3n) is 2.78. The smallest absolute Gasteiger partial charge is 0.364 e. The number of ketones is 1. The maximum Gasteiger partial charge on any atom is 0.364 e. The van der Waals surface area contributed by atoms with Crippen LogP contribution in [0.4, 0.5) is 0 Å². The summed E-state index contributed by atoms with van der Waals surface area (Å²) >= 11 is 1.25. The number of oxime groups is 1. The molecule has 0 heterocycles. The molecule has 0 amide bonds. The second-order valence-electron chi connectivity index (χ2n) is 4.66. The summed E-state index contributed by atoms with van der Waals surface area (Å²) in [5.41, 5.74) is -0.310. The lowest BCUT2D eigenvalue weighted by Crippen LogP contribution is -2.32. The van der Waals surface area contributed by atoms with Crippen molar-refractivity contribution in [2.45, 2.75) is 51.7 Å². The van der Waals surface area contributed by atoms with Crippen molar-refractivity contribution in [2.24, 2.45) is 5.16 Å². The average molecular weight is 333 g/mol. The zero-order chi connectivity index (χ0) is 16.8. The van der Waals surface area contributed by atoms with Crippen LogP contribution in [0.3, 0.4) is 0 Å². The Labute approximate surface area is 136 Å². The van der Waals surface area contributed by atoms with Crippen LogP contribution < -0.4 is 0 Å². The molecule has 1 atom stereocenters. The molecular weight excluding hydrogens is 306 g/mol. The van der Waals surface area contributed by atoms with Crippen molar-refractivity contribution in [1.82, 2.24) is 0 Å². The first-order valence-corrected chi connectivity index (χ1v) is 8.77. The second kappa shape index (κ2) is 13.6. The molecule has 0 radical (unpaired) electrons. The summed E-state index contributed by atoms with van der Waals surface area (Å²) in [5, 5.41) is 12.0. The van der Waals surface area contributed by atoms with Crippen LogP contribution in [0.1, 0.15) is 46.5 Å². The first kappa shape index (κ1) is 20.9. The zero-order valence-corrected chi connectivity index (χ0v) is 14.5. The van der Waals surface area contributed by atoms with Crippen molar-refractivity contribution in [2.75, 3.05) is 25.6 Å². The van der Waals surface area contributed by atoms with Gasteiger partial charge in [0, 0.05) is 5.75 Å². The number of rotatable bonds is 13. The Balaban J connectivity index is 4.60. The van der Waals surface area contributed by atoms with Gasteiger partial charge in [0.15, 0.2) is 0 Å². The van der Waals surface area contributed by atoms with Gasteiger partial charge >= 0.3 is 5.97 Å². The minimum absolute atomic E-state index is 0.0257. The van der Waals surface area contributed by atoms with Gasteiger partial charge in [0.2, 0.25) is 11.5 Å². The summed E-state index contributed by atoms with van der Waals surface area (Å²) < 4.78 is 4.85. The minimum atomic E-state index is -0.766. The quantitative estimate of drug-likeness (QED) is 0.183. The predicted octanol–water partition coefficient (Wildman–Crippen LogP) is 2.19. The van der Waals surface area contributed by atoms with Crippen molar-refractivity contribution >= 4 is 29.2 Å². The van der Waals surface area contributed by atoms with Crippen LogP contribution in [0.25, 0.3) is 0 Å². The molecule has 0 saturated carbocycles. The van der Waals surface area contributed by atoms with E-state index in [2.05, 4.69) is 12.1 Å². The average Bonchev–Trinajstić information content (AvgIpc) is 2.51. The first-order valence-electron chi connectivity index (χ1n) is 7.72. The highest BCUT2D eigenvalue weighted by atomic mass is 32.2. The predicted molar refractivity (Wildman–Crippen MR) is 88.2 cm³/mol. The molecule has 1 unspecified atom stereocenters. The van der Waals surface area contributed by atoms with Crippen LogP contribution in [0.15, 0.2) is 5.16 Å². The molecule has 0 aliphatic heterocycles. The molecule has 0 aliphatic carbocycles. The van der Waals surface area contributed by atoms with Crippen molar-refractivity contribution in [3.05, 3.63) is 0 Å². The molecule has 7 heteroatoms. The Bertz CT molecular complexity index is 360. The lowest BCUT2D eigenvalue weighted by molar-refractivity contribution is -0.136. The Morgan fingerprint density at radius 1 is 1.23 bits per heavy atom. The highest BCUT2D eigenvalue weighted by molar-refractivity contribution is 8.00. The van der Waals surface area contributed by atoms with Gasteiger partial charge in [-0.2, -0.15) is 0 Å². The van der Waals surface area contributed by atoms with Gasteiger partial charge < -0.3 is 14.7 Å². The standard InChI is InChI=1S/C15H27NO5S/c1-4-6-7-8-10-21-16-13(15(19)20-5-2)14(18)12(3)22-11-9-17/h12,17H,4-11H2,1-3H3. The van der Waals surface area contributed by atoms with Crippen LogP contribution in [0, 0.1) is 0 Å². The molecular formula is C15H27NO5S. The van der Waals surface area contributed by atoms with E-state index in [4.69, 9.17) is 14.7 Å². The molecule has 1 N–H and O–H groups in total. The topological polar surface area (TPSA) is 85.2 Å². The highest BCUT2D eigenvalue weighted by Gasteiger charge is 2.27. The fraction of sp³-hybridized carbons (Fsp3) is 0.800. The van der Waals surface area contributed by atoms with E-state index in [1.165, 1.54) is 11.8 Å². The molecule has 6 nitrogen and oxygen atoms in total. The number of esters is 1. The van der Waals surface area contributed by atoms with E-state index in [0.717, 1.165) is 25.7 Å². The van der Waals surface area contributed by atoms with Crippen molar-refractivity contribution < 1.29 is 24.3 Å². The number of thioether (sulfide) groups is 1. The molecule has 0 spiro atoms.